The van der Waals surface area contributed by atoms with Crippen molar-refractivity contribution in [1.29, 1.82) is 0 Å². The summed E-state index contributed by atoms with van der Waals surface area (Å²) in [6.07, 6.45) is 1.33. The van der Waals surface area contributed by atoms with E-state index >= 15 is 0 Å². The minimum absolute atomic E-state index is 0.0132. The van der Waals surface area contributed by atoms with Crippen molar-refractivity contribution in [2.24, 2.45) is 0 Å². The van der Waals surface area contributed by atoms with Crippen LogP contribution in [0.3, 0.4) is 0 Å². The summed E-state index contributed by atoms with van der Waals surface area (Å²) in [6, 6.07) is 7.91. The summed E-state index contributed by atoms with van der Waals surface area (Å²) in [6.45, 7) is 0.839. The van der Waals surface area contributed by atoms with Gasteiger partial charge in [-0.1, -0.05) is 18.2 Å². The largest absolute Gasteiger partial charge is 0.503 e. The van der Waals surface area contributed by atoms with Gasteiger partial charge in [0.05, 0.1) is 45.1 Å². The highest BCUT2D eigenvalue weighted by Gasteiger charge is 2.45. The van der Waals surface area contributed by atoms with E-state index in [1.54, 1.807) is 6.07 Å². The lowest BCUT2D eigenvalue weighted by Gasteiger charge is -2.27. The number of rotatable bonds is 6. The number of aliphatic hydroxyl groups excluding tert-OH is 1. The molecule has 0 radical (unpaired) electrons. The van der Waals surface area contributed by atoms with E-state index < -0.39 is 29.3 Å². The third-order valence-electron chi connectivity index (χ3n) is 4.35. The van der Waals surface area contributed by atoms with Crippen LogP contribution < -0.4 is 4.90 Å². The Labute approximate surface area is 150 Å². The zero-order valence-corrected chi connectivity index (χ0v) is 14.5. The maximum absolute atomic E-state index is 14.5. The minimum Gasteiger partial charge on any atom is -0.503 e. The number of halogens is 1. The fourth-order valence-electron chi connectivity index (χ4n) is 3.02. The highest BCUT2D eigenvalue weighted by Crippen LogP contribution is 2.39. The lowest BCUT2D eigenvalue weighted by Crippen LogP contribution is -3.06. The maximum Gasteiger partial charge on any atom is 0.290 e. The smallest absolute Gasteiger partial charge is 0.290 e. The molecule has 136 valence electrons. The molecule has 0 bridgehead atoms. The van der Waals surface area contributed by atoms with E-state index in [-0.39, 0.29) is 23.4 Å². The number of Topliss-reactive ketones (excluding diaryl/α,β-unsaturated/α-hetero) is 1. The highest BCUT2D eigenvalue weighted by atomic mass is 19.1. The second kappa shape index (κ2) is 7.13. The zero-order valence-electron chi connectivity index (χ0n) is 14.5. The zero-order chi connectivity index (χ0) is 18.8. The van der Waals surface area contributed by atoms with E-state index in [0.717, 1.165) is 4.90 Å². The molecule has 0 saturated heterocycles. The number of amides is 1. The number of likely N-dealkylation sites (N-methyl/N-ethyl adjacent to an activating group) is 1. The van der Waals surface area contributed by atoms with Gasteiger partial charge < -0.3 is 19.3 Å². The minimum atomic E-state index is -0.999. The summed E-state index contributed by atoms with van der Waals surface area (Å²) < 4.78 is 19.6. The Kier molecular flexibility index (Phi) is 4.90. The predicted molar refractivity (Wildman–Crippen MR) is 91.2 cm³/mol. The Balaban J connectivity index is 2.08. The van der Waals surface area contributed by atoms with Crippen molar-refractivity contribution >= 4 is 11.7 Å². The van der Waals surface area contributed by atoms with E-state index in [9.17, 15) is 19.1 Å². The van der Waals surface area contributed by atoms with Crippen molar-refractivity contribution in [3.63, 3.8) is 0 Å². The molecule has 1 aromatic carbocycles. The molecule has 1 aliphatic heterocycles. The van der Waals surface area contributed by atoms with Crippen LogP contribution in [0.2, 0.25) is 0 Å². The summed E-state index contributed by atoms with van der Waals surface area (Å²) in [4.78, 5) is 27.8. The molecule has 0 fully saturated rings. The molecule has 1 amide bonds. The normalized spacial score (nSPS) is 17.5. The van der Waals surface area contributed by atoms with Crippen LogP contribution >= 0.6 is 0 Å². The van der Waals surface area contributed by atoms with E-state index in [1.165, 1.54) is 41.5 Å². The molecule has 2 heterocycles. The van der Waals surface area contributed by atoms with Gasteiger partial charge in [-0.05, 0) is 18.2 Å². The molecule has 6 nitrogen and oxygen atoms in total. The molecule has 7 heteroatoms. The Morgan fingerprint density at radius 1 is 1.27 bits per heavy atom. The second-order valence-corrected chi connectivity index (χ2v) is 6.45. The topological polar surface area (TPSA) is 75.2 Å². The molecule has 3 rings (SSSR count). The van der Waals surface area contributed by atoms with Crippen molar-refractivity contribution < 1.29 is 28.4 Å². The molecule has 1 atom stereocenters. The lowest BCUT2D eigenvalue weighted by molar-refractivity contribution is -0.857. The van der Waals surface area contributed by atoms with Crippen molar-refractivity contribution in [2.75, 3.05) is 27.2 Å². The van der Waals surface area contributed by atoms with Gasteiger partial charge in [-0.2, -0.15) is 0 Å². The highest BCUT2D eigenvalue weighted by molar-refractivity contribution is 6.15. The monoisotopic (exact) mass is 359 g/mol. The van der Waals surface area contributed by atoms with Crippen LogP contribution in [0.1, 0.15) is 22.2 Å². The maximum atomic E-state index is 14.5. The fourth-order valence-corrected chi connectivity index (χ4v) is 3.02. The molecule has 1 aromatic heterocycles. The number of nitrogens with zero attached hydrogens (tertiary/aromatic N) is 1. The van der Waals surface area contributed by atoms with Crippen LogP contribution in [-0.2, 0) is 4.79 Å². The summed E-state index contributed by atoms with van der Waals surface area (Å²) in [7, 11) is 3.84. The number of furan rings is 1. The molecule has 0 aliphatic carbocycles. The average Bonchev–Trinajstić information content (AvgIpc) is 3.22. The first-order valence-electron chi connectivity index (χ1n) is 8.27. The molecule has 2 aromatic rings. The summed E-state index contributed by atoms with van der Waals surface area (Å²) in [5, 5.41) is 10.4. The molecule has 26 heavy (non-hydrogen) atoms. The molecule has 2 N–H and O–H groups in total. The van der Waals surface area contributed by atoms with Gasteiger partial charge in [-0.3, -0.25) is 9.59 Å². The number of ketones is 1. The number of nitrogens with one attached hydrogen (secondary N) is 1. The first-order chi connectivity index (χ1) is 12.4. The molecule has 0 spiro atoms. The Bertz CT molecular complexity index is 858. The Morgan fingerprint density at radius 2 is 2.00 bits per heavy atom. The van der Waals surface area contributed by atoms with Gasteiger partial charge in [0.25, 0.3) is 5.91 Å². The van der Waals surface area contributed by atoms with Crippen LogP contribution in [0.25, 0.3) is 0 Å². The molecule has 0 unspecified atom stereocenters. The number of hydrogen-bond acceptors (Lipinski definition) is 4. The molecule has 1 aliphatic rings. The number of carbonyl (C=O) groups is 2. The number of quaternary nitrogens is 1. The summed E-state index contributed by atoms with van der Waals surface area (Å²) in [5.41, 5.74) is -0.00244. The van der Waals surface area contributed by atoms with Crippen LogP contribution in [0, 0.1) is 5.82 Å². The quantitative estimate of drug-likeness (QED) is 0.759. The summed E-state index contributed by atoms with van der Waals surface area (Å²) >= 11 is 0. The Hall–Kier alpha value is -2.93. The van der Waals surface area contributed by atoms with E-state index in [4.69, 9.17) is 4.42 Å². The van der Waals surface area contributed by atoms with Gasteiger partial charge in [-0.25, -0.2) is 4.39 Å². The van der Waals surface area contributed by atoms with Crippen molar-refractivity contribution in [1.82, 2.24) is 4.90 Å². The van der Waals surface area contributed by atoms with Crippen molar-refractivity contribution in [3.05, 3.63) is 71.1 Å². The second-order valence-electron chi connectivity index (χ2n) is 6.45. The van der Waals surface area contributed by atoms with E-state index in [1.807, 2.05) is 14.1 Å². The molecular formula is C19H20FN2O4+. The van der Waals surface area contributed by atoms with Crippen molar-refractivity contribution in [3.8, 4) is 0 Å². The van der Waals surface area contributed by atoms with Gasteiger partial charge in [0.2, 0.25) is 5.78 Å². The van der Waals surface area contributed by atoms with Crippen LogP contribution in [0.15, 0.2) is 58.4 Å². The standard InChI is InChI=1S/C19H19FN2O4/c1-21(2)9-10-22-16(12-6-3-4-7-13(12)20)15(18(24)19(22)25)17(23)14-8-5-11-26-14/h3-8,11,16,24H,9-10H2,1-2H3/p+1/t16-/m0/s1. The number of hydrogen-bond donors (Lipinski definition) is 2. The Morgan fingerprint density at radius 3 is 2.62 bits per heavy atom. The predicted octanol–water partition coefficient (Wildman–Crippen LogP) is 1.14. The molecular weight excluding hydrogens is 339 g/mol. The lowest BCUT2D eigenvalue weighted by atomic mass is 9.94. The van der Waals surface area contributed by atoms with Gasteiger partial charge >= 0.3 is 0 Å². The summed E-state index contributed by atoms with van der Waals surface area (Å²) in [5.74, 6) is -2.54. The number of carbonyl (C=O) groups excluding carboxylic acids is 2. The first-order valence-corrected chi connectivity index (χ1v) is 8.27. The van der Waals surface area contributed by atoms with Gasteiger partial charge in [-0.15, -0.1) is 0 Å². The van der Waals surface area contributed by atoms with Gasteiger partial charge in [0, 0.05) is 5.56 Å². The van der Waals surface area contributed by atoms with Crippen LogP contribution in [-0.4, -0.2) is 48.9 Å². The van der Waals surface area contributed by atoms with E-state index in [0.29, 0.717) is 6.54 Å². The average molecular weight is 359 g/mol. The SMILES string of the molecule is C[NH+](C)CCN1C(=O)C(O)=C(C(=O)c2ccco2)[C@@H]1c1ccccc1F. The fraction of sp³-hybridized carbons (Fsp3) is 0.263. The third-order valence-corrected chi connectivity index (χ3v) is 4.35. The van der Waals surface area contributed by atoms with Gasteiger partial charge in [0.15, 0.2) is 11.5 Å². The number of aliphatic hydroxyl groups is 1. The number of benzene rings is 1. The third kappa shape index (κ3) is 3.13. The first kappa shape index (κ1) is 17.9. The van der Waals surface area contributed by atoms with Gasteiger partial charge in [0.1, 0.15) is 5.82 Å². The van der Waals surface area contributed by atoms with Crippen LogP contribution in [0.5, 0.6) is 0 Å². The van der Waals surface area contributed by atoms with Crippen LogP contribution in [0.4, 0.5) is 4.39 Å². The van der Waals surface area contributed by atoms with E-state index in [2.05, 4.69) is 0 Å². The molecule has 0 saturated carbocycles. The van der Waals surface area contributed by atoms with Crippen molar-refractivity contribution in [2.45, 2.75) is 6.04 Å².